The van der Waals surface area contributed by atoms with Crippen molar-refractivity contribution in [3.63, 3.8) is 0 Å². The number of halogens is 6. The van der Waals surface area contributed by atoms with Crippen LogP contribution in [0.1, 0.15) is 111 Å². The number of anilines is 1. The van der Waals surface area contributed by atoms with Gasteiger partial charge < -0.3 is 10.6 Å². The van der Waals surface area contributed by atoms with E-state index in [1.54, 1.807) is 13.8 Å². The van der Waals surface area contributed by atoms with E-state index in [9.17, 15) is 35.9 Å². The second kappa shape index (κ2) is 13.7. The fourth-order valence-electron chi connectivity index (χ4n) is 5.33. The molecule has 0 saturated heterocycles. The van der Waals surface area contributed by atoms with Crippen LogP contribution in [0.25, 0.3) is 11.1 Å². The van der Waals surface area contributed by atoms with Crippen molar-refractivity contribution in [2.24, 2.45) is 0 Å². The lowest BCUT2D eigenvalue weighted by Gasteiger charge is -2.27. The van der Waals surface area contributed by atoms with Crippen LogP contribution in [0.3, 0.4) is 0 Å². The van der Waals surface area contributed by atoms with Crippen LogP contribution in [-0.2, 0) is 17.8 Å². The van der Waals surface area contributed by atoms with E-state index in [-0.39, 0.29) is 17.2 Å². The normalized spacial score (nSPS) is 12.6. The number of carbonyl (C=O) groups excluding carboxylic acids is 2. The van der Waals surface area contributed by atoms with Crippen LogP contribution in [0, 0.1) is 0 Å². The van der Waals surface area contributed by atoms with E-state index in [1.807, 2.05) is 20.8 Å². The van der Waals surface area contributed by atoms with E-state index < -0.39 is 51.5 Å². The highest BCUT2D eigenvalue weighted by Gasteiger charge is 2.39. The molecule has 2 N–H and O–H groups in total. The number of unbranched alkanes of at least 4 members (excludes halogenated alkanes) is 1. The summed E-state index contributed by atoms with van der Waals surface area (Å²) in [5, 5.41) is 5.33. The standard InChI is InChI=1S/C35H40F6N2O2/c1-7-9-19-33(5,6)43-31(45)23-12-10-22(11-13-23)30(44)42-25-15-17-27(29(21-25)35(39,40)41)26-16-14-24(32(3,4)18-8-2)20-28(26)34(36,37)38/h10-17,20-21H,7-9,18-19H2,1-6H3,(H,42,44)(H,43,45). The molecule has 0 heterocycles. The number of amides is 2. The van der Waals surface area contributed by atoms with Crippen LogP contribution in [0.4, 0.5) is 32.0 Å². The predicted molar refractivity (Wildman–Crippen MR) is 165 cm³/mol. The minimum absolute atomic E-state index is 0.0825. The molecular weight excluding hydrogens is 594 g/mol. The number of hydrogen-bond acceptors (Lipinski definition) is 2. The number of carbonyl (C=O) groups is 2. The third-order valence-corrected chi connectivity index (χ3v) is 7.87. The Morgan fingerprint density at radius 1 is 0.644 bits per heavy atom. The van der Waals surface area contributed by atoms with Crippen molar-refractivity contribution in [3.8, 4) is 11.1 Å². The summed E-state index contributed by atoms with van der Waals surface area (Å²) in [6.45, 7) is 11.4. The summed E-state index contributed by atoms with van der Waals surface area (Å²) in [5.74, 6) is -1.07. The molecule has 10 heteroatoms. The lowest BCUT2D eigenvalue weighted by atomic mass is 9.79. The fourth-order valence-corrected chi connectivity index (χ4v) is 5.33. The summed E-state index contributed by atoms with van der Waals surface area (Å²) in [6.07, 6.45) is -5.89. The monoisotopic (exact) mass is 634 g/mol. The quantitative estimate of drug-likeness (QED) is 0.206. The van der Waals surface area contributed by atoms with Gasteiger partial charge in [0.25, 0.3) is 11.8 Å². The van der Waals surface area contributed by atoms with Gasteiger partial charge >= 0.3 is 12.4 Å². The minimum Gasteiger partial charge on any atom is -0.347 e. The molecule has 244 valence electrons. The second-order valence-electron chi connectivity index (χ2n) is 12.6. The summed E-state index contributed by atoms with van der Waals surface area (Å²) in [5.41, 5.74) is -4.25. The Bertz CT molecular complexity index is 1510. The number of rotatable bonds is 11. The third kappa shape index (κ3) is 9.11. The first kappa shape index (κ1) is 35.7. The summed E-state index contributed by atoms with van der Waals surface area (Å²) < 4.78 is 85.3. The summed E-state index contributed by atoms with van der Waals surface area (Å²) in [4.78, 5) is 25.6. The SMILES string of the molecule is CCCCC(C)(C)NC(=O)c1ccc(C(=O)Nc2ccc(-c3ccc(C(C)(C)CCC)cc3C(F)(F)F)c(C(F)(F)F)c2)cc1. The molecule has 45 heavy (non-hydrogen) atoms. The number of nitrogens with one attached hydrogen (secondary N) is 2. The molecule has 0 radical (unpaired) electrons. The molecule has 0 aliphatic carbocycles. The van der Waals surface area contributed by atoms with Gasteiger partial charge in [-0.25, -0.2) is 0 Å². The van der Waals surface area contributed by atoms with Gasteiger partial charge in [0.1, 0.15) is 0 Å². The van der Waals surface area contributed by atoms with Crippen LogP contribution in [-0.4, -0.2) is 17.4 Å². The van der Waals surface area contributed by atoms with Crippen LogP contribution >= 0.6 is 0 Å². The van der Waals surface area contributed by atoms with Gasteiger partial charge in [-0.15, -0.1) is 0 Å². The van der Waals surface area contributed by atoms with E-state index in [4.69, 9.17) is 0 Å². The van der Waals surface area contributed by atoms with Crippen LogP contribution < -0.4 is 10.6 Å². The first-order valence-electron chi connectivity index (χ1n) is 15.0. The molecule has 3 aromatic carbocycles. The molecule has 0 atom stereocenters. The van der Waals surface area contributed by atoms with Gasteiger partial charge in [-0.1, -0.05) is 65.2 Å². The molecule has 4 nitrogen and oxygen atoms in total. The van der Waals surface area contributed by atoms with Gasteiger partial charge in [0, 0.05) is 22.4 Å². The summed E-state index contributed by atoms with van der Waals surface area (Å²) in [7, 11) is 0. The van der Waals surface area contributed by atoms with Crippen molar-refractivity contribution in [3.05, 3.63) is 88.5 Å². The Balaban J connectivity index is 1.92. The van der Waals surface area contributed by atoms with Gasteiger partial charge in [0.05, 0.1) is 11.1 Å². The van der Waals surface area contributed by atoms with Gasteiger partial charge in [0.2, 0.25) is 0 Å². The largest absolute Gasteiger partial charge is 0.417 e. The molecule has 0 aromatic heterocycles. The number of benzene rings is 3. The van der Waals surface area contributed by atoms with Crippen LogP contribution in [0.15, 0.2) is 60.7 Å². The average Bonchev–Trinajstić information content (AvgIpc) is 2.94. The zero-order valence-electron chi connectivity index (χ0n) is 26.4. The molecule has 0 saturated carbocycles. The average molecular weight is 635 g/mol. The first-order valence-corrected chi connectivity index (χ1v) is 15.0. The van der Waals surface area contributed by atoms with Crippen molar-refractivity contribution in [1.29, 1.82) is 0 Å². The van der Waals surface area contributed by atoms with Gasteiger partial charge in [-0.3, -0.25) is 9.59 Å². The highest BCUT2D eigenvalue weighted by Crippen LogP contribution is 2.45. The molecule has 2 amide bonds. The lowest BCUT2D eigenvalue weighted by Crippen LogP contribution is -2.43. The number of alkyl halides is 6. The molecule has 0 spiro atoms. The summed E-state index contributed by atoms with van der Waals surface area (Å²) in [6, 6.07) is 11.8. The Morgan fingerprint density at radius 2 is 1.16 bits per heavy atom. The maximum atomic E-state index is 14.2. The zero-order chi connectivity index (χ0) is 33.8. The van der Waals surface area contributed by atoms with E-state index in [0.717, 1.165) is 49.9 Å². The van der Waals surface area contributed by atoms with Crippen molar-refractivity contribution >= 4 is 17.5 Å². The molecule has 0 aliphatic heterocycles. The topological polar surface area (TPSA) is 58.2 Å². The lowest BCUT2D eigenvalue weighted by molar-refractivity contribution is -0.139. The number of hydrogen-bond donors (Lipinski definition) is 2. The van der Waals surface area contributed by atoms with Gasteiger partial charge in [-0.2, -0.15) is 26.3 Å². The predicted octanol–water partition coefficient (Wildman–Crippen LogP) is 10.4. The van der Waals surface area contributed by atoms with Crippen LogP contribution in [0.5, 0.6) is 0 Å². The smallest absolute Gasteiger partial charge is 0.347 e. The maximum absolute atomic E-state index is 14.2. The van der Waals surface area contributed by atoms with Crippen molar-refractivity contribution in [2.45, 2.75) is 97.0 Å². The van der Waals surface area contributed by atoms with Gasteiger partial charge in [-0.05, 0) is 91.3 Å². The molecule has 0 bridgehead atoms. The van der Waals surface area contributed by atoms with E-state index in [0.29, 0.717) is 23.6 Å². The molecule has 0 aliphatic rings. The first-order chi connectivity index (χ1) is 20.8. The van der Waals surface area contributed by atoms with Crippen molar-refractivity contribution in [2.75, 3.05) is 5.32 Å². The van der Waals surface area contributed by atoms with Crippen molar-refractivity contribution in [1.82, 2.24) is 5.32 Å². The highest BCUT2D eigenvalue weighted by atomic mass is 19.4. The fraction of sp³-hybridized carbons (Fsp3) is 0.429. The maximum Gasteiger partial charge on any atom is 0.417 e. The molecule has 0 fully saturated rings. The molecule has 3 rings (SSSR count). The summed E-state index contributed by atoms with van der Waals surface area (Å²) >= 11 is 0. The highest BCUT2D eigenvalue weighted by molar-refractivity contribution is 6.05. The van der Waals surface area contributed by atoms with E-state index >= 15 is 0 Å². The Hall–Kier alpha value is -3.82. The Labute approximate surface area is 260 Å². The minimum atomic E-state index is -5.01. The Morgan fingerprint density at radius 3 is 1.67 bits per heavy atom. The van der Waals surface area contributed by atoms with Gasteiger partial charge in [0.15, 0.2) is 0 Å². The van der Waals surface area contributed by atoms with E-state index in [2.05, 4.69) is 17.6 Å². The third-order valence-electron chi connectivity index (χ3n) is 7.87. The van der Waals surface area contributed by atoms with Crippen LogP contribution in [0.2, 0.25) is 0 Å². The second-order valence-corrected chi connectivity index (χ2v) is 12.6. The molecule has 3 aromatic rings. The zero-order valence-corrected chi connectivity index (χ0v) is 26.4. The molecule has 0 unspecified atom stereocenters. The van der Waals surface area contributed by atoms with E-state index in [1.165, 1.54) is 30.3 Å². The Kier molecular flexibility index (Phi) is 10.8. The van der Waals surface area contributed by atoms with Crippen molar-refractivity contribution < 1.29 is 35.9 Å². The molecular formula is C35H40F6N2O2.